The third-order valence-electron chi connectivity index (χ3n) is 5.75. The van der Waals surface area contributed by atoms with Crippen LogP contribution in [0.15, 0.2) is 49.1 Å². The Hall–Kier alpha value is -2.57. The number of piperidine rings is 1. The zero-order valence-electron chi connectivity index (χ0n) is 17.2. The summed E-state index contributed by atoms with van der Waals surface area (Å²) in [5, 5.41) is 0.983. The van der Waals surface area contributed by atoms with Gasteiger partial charge >= 0.3 is 0 Å². The SMILES string of the molecule is C[C@@H]1CCCN(C(=O)c2cccc(Cl)c2-c2ncccn2)[C@@H]1CCc1ncc(Cl)cn1. The van der Waals surface area contributed by atoms with Gasteiger partial charge in [-0.05, 0) is 43.4 Å². The molecule has 0 radical (unpaired) electrons. The Labute approximate surface area is 191 Å². The van der Waals surface area contributed by atoms with Crippen molar-refractivity contribution in [3.63, 3.8) is 0 Å². The number of likely N-dealkylation sites (tertiary alicyclic amines) is 1. The first-order chi connectivity index (χ1) is 15.0. The van der Waals surface area contributed by atoms with Crippen molar-refractivity contribution in [1.82, 2.24) is 24.8 Å². The molecule has 3 heterocycles. The lowest BCUT2D eigenvalue weighted by molar-refractivity contribution is 0.0499. The second kappa shape index (κ2) is 9.71. The first kappa shape index (κ1) is 21.7. The average Bonchev–Trinajstić information content (AvgIpc) is 2.79. The van der Waals surface area contributed by atoms with Gasteiger partial charge in [0, 0.05) is 43.8 Å². The lowest BCUT2D eigenvalue weighted by Crippen LogP contribution is -2.48. The van der Waals surface area contributed by atoms with Crippen LogP contribution in [0.1, 0.15) is 42.4 Å². The Bertz CT molecular complexity index is 1050. The van der Waals surface area contributed by atoms with Gasteiger partial charge in [-0.2, -0.15) is 0 Å². The molecular formula is C23H23Cl2N5O. The summed E-state index contributed by atoms with van der Waals surface area (Å²) in [6.07, 6.45) is 10.0. The van der Waals surface area contributed by atoms with Crippen molar-refractivity contribution in [2.24, 2.45) is 5.92 Å². The van der Waals surface area contributed by atoms with Crippen LogP contribution >= 0.6 is 23.2 Å². The summed E-state index contributed by atoms with van der Waals surface area (Å²) in [4.78, 5) is 32.9. The molecule has 3 aromatic rings. The number of hydrogen-bond acceptors (Lipinski definition) is 5. The molecule has 2 aromatic heterocycles. The number of benzene rings is 1. The lowest BCUT2D eigenvalue weighted by Gasteiger charge is -2.40. The number of aryl methyl sites for hydroxylation is 1. The Morgan fingerprint density at radius 3 is 2.58 bits per heavy atom. The van der Waals surface area contributed by atoms with E-state index in [9.17, 15) is 4.79 Å². The summed E-state index contributed by atoms with van der Waals surface area (Å²) in [5.74, 6) is 1.52. The van der Waals surface area contributed by atoms with Gasteiger partial charge in [-0.15, -0.1) is 0 Å². The van der Waals surface area contributed by atoms with Gasteiger partial charge in [-0.3, -0.25) is 4.79 Å². The van der Waals surface area contributed by atoms with E-state index in [1.165, 1.54) is 0 Å². The molecule has 160 valence electrons. The monoisotopic (exact) mass is 455 g/mol. The maximum absolute atomic E-state index is 13.7. The van der Waals surface area contributed by atoms with Gasteiger partial charge in [0.05, 0.1) is 21.2 Å². The van der Waals surface area contributed by atoms with Crippen LogP contribution in [-0.2, 0) is 6.42 Å². The number of carbonyl (C=O) groups excluding carboxylic acids is 1. The van der Waals surface area contributed by atoms with Crippen molar-refractivity contribution in [2.45, 2.75) is 38.6 Å². The van der Waals surface area contributed by atoms with Crippen LogP contribution in [0.2, 0.25) is 10.0 Å². The number of rotatable bonds is 5. The van der Waals surface area contributed by atoms with Crippen molar-refractivity contribution in [3.8, 4) is 11.4 Å². The Balaban J connectivity index is 1.62. The zero-order chi connectivity index (χ0) is 21.8. The topological polar surface area (TPSA) is 71.9 Å². The van der Waals surface area contributed by atoms with Crippen LogP contribution in [0, 0.1) is 5.92 Å². The number of nitrogens with zero attached hydrogens (tertiary/aromatic N) is 5. The molecule has 4 rings (SSSR count). The highest BCUT2D eigenvalue weighted by atomic mass is 35.5. The molecule has 0 bridgehead atoms. The normalized spacial score (nSPS) is 18.7. The van der Waals surface area contributed by atoms with Crippen LogP contribution in [0.25, 0.3) is 11.4 Å². The fraction of sp³-hybridized carbons (Fsp3) is 0.348. The predicted octanol–water partition coefficient (Wildman–Crippen LogP) is 5.11. The van der Waals surface area contributed by atoms with Crippen LogP contribution < -0.4 is 0 Å². The molecule has 1 amide bonds. The smallest absolute Gasteiger partial charge is 0.254 e. The molecule has 1 aliphatic rings. The fourth-order valence-electron chi connectivity index (χ4n) is 4.20. The standard InChI is InChI=1S/C23H23Cl2N5O/c1-15-5-3-12-30(19(15)8-9-20-28-13-16(24)14-29-20)23(31)17-6-2-7-18(25)21(17)22-26-10-4-11-27-22/h2,4,6-7,10-11,13-15,19H,3,5,8-9,12H2,1H3/t15-,19-/m1/s1. The molecule has 8 heteroatoms. The first-order valence-corrected chi connectivity index (χ1v) is 11.1. The Kier molecular flexibility index (Phi) is 6.78. The highest BCUT2D eigenvalue weighted by Crippen LogP contribution is 2.33. The highest BCUT2D eigenvalue weighted by Gasteiger charge is 2.33. The molecule has 1 aliphatic heterocycles. The second-order valence-corrected chi connectivity index (χ2v) is 8.62. The van der Waals surface area contributed by atoms with E-state index < -0.39 is 0 Å². The van der Waals surface area contributed by atoms with Gasteiger partial charge in [0.2, 0.25) is 0 Å². The molecule has 0 saturated carbocycles. The van der Waals surface area contributed by atoms with Gasteiger partial charge in [0.1, 0.15) is 5.82 Å². The molecule has 0 spiro atoms. The Morgan fingerprint density at radius 2 is 1.84 bits per heavy atom. The van der Waals surface area contributed by atoms with E-state index in [0.29, 0.717) is 45.9 Å². The third kappa shape index (κ3) is 4.86. The molecule has 1 fully saturated rings. The molecular weight excluding hydrogens is 433 g/mol. The minimum atomic E-state index is -0.0430. The summed E-state index contributed by atoms with van der Waals surface area (Å²) >= 11 is 12.4. The van der Waals surface area contributed by atoms with E-state index in [-0.39, 0.29) is 11.9 Å². The van der Waals surface area contributed by atoms with Crippen LogP contribution in [0.5, 0.6) is 0 Å². The summed E-state index contributed by atoms with van der Waals surface area (Å²) in [5.41, 5.74) is 1.10. The van der Waals surface area contributed by atoms with Crippen LogP contribution in [0.3, 0.4) is 0 Å². The predicted molar refractivity (Wildman–Crippen MR) is 121 cm³/mol. The van der Waals surface area contributed by atoms with E-state index >= 15 is 0 Å². The van der Waals surface area contributed by atoms with Crippen molar-refractivity contribution in [3.05, 3.63) is 70.5 Å². The summed E-state index contributed by atoms with van der Waals surface area (Å²) in [7, 11) is 0. The highest BCUT2D eigenvalue weighted by molar-refractivity contribution is 6.34. The Morgan fingerprint density at radius 1 is 1.10 bits per heavy atom. The van der Waals surface area contributed by atoms with Crippen LogP contribution in [-0.4, -0.2) is 43.3 Å². The van der Waals surface area contributed by atoms with E-state index in [0.717, 1.165) is 25.1 Å². The molecule has 2 atom stereocenters. The minimum Gasteiger partial charge on any atom is -0.335 e. The molecule has 0 aliphatic carbocycles. The summed E-state index contributed by atoms with van der Waals surface area (Å²) in [6.45, 7) is 2.91. The van der Waals surface area contributed by atoms with Crippen molar-refractivity contribution in [1.29, 1.82) is 0 Å². The lowest BCUT2D eigenvalue weighted by atomic mass is 9.87. The van der Waals surface area contributed by atoms with Gasteiger partial charge < -0.3 is 4.90 Å². The first-order valence-electron chi connectivity index (χ1n) is 10.4. The maximum atomic E-state index is 13.7. The number of amides is 1. The molecule has 1 aromatic carbocycles. The number of aromatic nitrogens is 4. The molecule has 6 nitrogen and oxygen atoms in total. The molecule has 0 N–H and O–H groups in total. The number of carbonyl (C=O) groups is 1. The van der Waals surface area contributed by atoms with E-state index in [2.05, 4.69) is 26.9 Å². The summed E-state index contributed by atoms with van der Waals surface area (Å²) in [6, 6.07) is 7.19. The number of hydrogen-bond donors (Lipinski definition) is 0. The van der Waals surface area contributed by atoms with Crippen molar-refractivity contribution in [2.75, 3.05) is 6.54 Å². The molecule has 31 heavy (non-hydrogen) atoms. The maximum Gasteiger partial charge on any atom is 0.254 e. The van der Waals surface area contributed by atoms with Crippen molar-refractivity contribution < 1.29 is 4.79 Å². The minimum absolute atomic E-state index is 0.0430. The average molecular weight is 456 g/mol. The quantitative estimate of drug-likeness (QED) is 0.533. The second-order valence-electron chi connectivity index (χ2n) is 7.78. The van der Waals surface area contributed by atoms with E-state index in [4.69, 9.17) is 23.2 Å². The fourth-order valence-corrected chi connectivity index (χ4v) is 4.56. The van der Waals surface area contributed by atoms with Gasteiger partial charge in [-0.1, -0.05) is 36.2 Å². The van der Waals surface area contributed by atoms with Gasteiger partial charge in [0.15, 0.2) is 5.82 Å². The third-order valence-corrected chi connectivity index (χ3v) is 6.26. The summed E-state index contributed by atoms with van der Waals surface area (Å²) < 4.78 is 0. The van der Waals surface area contributed by atoms with E-state index in [1.54, 1.807) is 49.1 Å². The largest absolute Gasteiger partial charge is 0.335 e. The molecule has 0 unspecified atom stereocenters. The number of halogens is 2. The zero-order valence-corrected chi connectivity index (χ0v) is 18.7. The van der Waals surface area contributed by atoms with E-state index in [1.807, 2.05) is 4.90 Å². The van der Waals surface area contributed by atoms with Crippen LogP contribution in [0.4, 0.5) is 0 Å². The van der Waals surface area contributed by atoms with Gasteiger partial charge in [-0.25, -0.2) is 19.9 Å². The molecule has 1 saturated heterocycles. The van der Waals surface area contributed by atoms with Gasteiger partial charge in [0.25, 0.3) is 5.91 Å². The van der Waals surface area contributed by atoms with Crippen molar-refractivity contribution >= 4 is 29.1 Å².